The van der Waals surface area contributed by atoms with E-state index < -0.39 is 12.0 Å². The first-order valence-corrected chi connectivity index (χ1v) is 3.26. The lowest BCUT2D eigenvalue weighted by atomic mass is 10.2. The SMILES string of the molecule is CN1C(=O)CC(C(=O)O)N1C. The molecule has 0 aromatic heterocycles. The summed E-state index contributed by atoms with van der Waals surface area (Å²) in [5.74, 6) is -1.11. The van der Waals surface area contributed by atoms with Crippen molar-refractivity contribution >= 4 is 11.9 Å². The monoisotopic (exact) mass is 158 g/mol. The molecule has 11 heavy (non-hydrogen) atoms. The highest BCUT2D eigenvalue weighted by Gasteiger charge is 2.37. The number of carboxylic acids is 1. The van der Waals surface area contributed by atoms with Gasteiger partial charge in [-0.3, -0.25) is 14.6 Å². The second kappa shape index (κ2) is 2.50. The average molecular weight is 158 g/mol. The van der Waals surface area contributed by atoms with Gasteiger partial charge in [0.05, 0.1) is 6.42 Å². The van der Waals surface area contributed by atoms with E-state index in [1.54, 1.807) is 14.1 Å². The fraction of sp³-hybridized carbons (Fsp3) is 0.667. The van der Waals surface area contributed by atoms with Gasteiger partial charge in [0, 0.05) is 14.1 Å². The van der Waals surface area contributed by atoms with Gasteiger partial charge in [-0.1, -0.05) is 0 Å². The van der Waals surface area contributed by atoms with Crippen LogP contribution >= 0.6 is 0 Å². The first-order chi connectivity index (χ1) is 5.04. The fourth-order valence-electron chi connectivity index (χ4n) is 1.06. The third-order valence-electron chi connectivity index (χ3n) is 1.94. The summed E-state index contributed by atoms with van der Waals surface area (Å²) in [5.41, 5.74) is 0. The van der Waals surface area contributed by atoms with Crippen LogP contribution in [-0.4, -0.2) is 47.1 Å². The van der Waals surface area contributed by atoms with Crippen LogP contribution in [0.4, 0.5) is 0 Å². The van der Waals surface area contributed by atoms with Gasteiger partial charge >= 0.3 is 5.97 Å². The first-order valence-electron chi connectivity index (χ1n) is 3.26. The Balaban J connectivity index is 2.74. The van der Waals surface area contributed by atoms with Crippen molar-refractivity contribution in [3.05, 3.63) is 0 Å². The molecule has 0 aliphatic carbocycles. The lowest BCUT2D eigenvalue weighted by molar-refractivity contribution is -0.145. The fourth-order valence-corrected chi connectivity index (χ4v) is 1.06. The molecule has 1 atom stereocenters. The molecule has 62 valence electrons. The molecular formula is C6H10N2O3. The molecule has 1 N–H and O–H groups in total. The molecule has 1 aliphatic heterocycles. The number of nitrogens with zero attached hydrogens (tertiary/aromatic N) is 2. The summed E-state index contributed by atoms with van der Waals surface area (Å²) in [6, 6.07) is -0.688. The molecule has 0 aromatic carbocycles. The Hall–Kier alpha value is -1.10. The minimum atomic E-state index is -0.954. The highest BCUT2D eigenvalue weighted by Crippen LogP contribution is 2.15. The van der Waals surface area contributed by atoms with E-state index in [0.29, 0.717) is 0 Å². The maximum absolute atomic E-state index is 10.9. The molecule has 0 bridgehead atoms. The van der Waals surface area contributed by atoms with Crippen molar-refractivity contribution in [1.29, 1.82) is 0 Å². The zero-order valence-corrected chi connectivity index (χ0v) is 6.44. The number of rotatable bonds is 1. The van der Waals surface area contributed by atoms with Crippen LogP contribution in [0, 0.1) is 0 Å². The number of amides is 1. The maximum atomic E-state index is 10.9. The van der Waals surface area contributed by atoms with Crippen molar-refractivity contribution in [1.82, 2.24) is 10.0 Å². The van der Waals surface area contributed by atoms with Crippen LogP contribution in [0.15, 0.2) is 0 Å². The Labute approximate surface area is 64.2 Å². The molecule has 0 spiro atoms. The van der Waals surface area contributed by atoms with E-state index in [9.17, 15) is 9.59 Å². The van der Waals surface area contributed by atoms with Gasteiger partial charge in [0.25, 0.3) is 0 Å². The molecule has 5 nitrogen and oxygen atoms in total. The molecule has 5 heteroatoms. The molecule has 1 amide bonds. The van der Waals surface area contributed by atoms with Crippen LogP contribution in [-0.2, 0) is 9.59 Å². The zero-order chi connectivity index (χ0) is 8.59. The molecule has 0 saturated carbocycles. The van der Waals surface area contributed by atoms with Crippen molar-refractivity contribution in [3.8, 4) is 0 Å². The van der Waals surface area contributed by atoms with Gasteiger partial charge in [-0.05, 0) is 0 Å². The van der Waals surface area contributed by atoms with Gasteiger partial charge in [0.2, 0.25) is 5.91 Å². The van der Waals surface area contributed by atoms with Gasteiger partial charge < -0.3 is 5.11 Å². The second-order valence-electron chi connectivity index (χ2n) is 2.55. The predicted octanol–water partition coefficient (Wildman–Crippen LogP) is -0.851. The third-order valence-corrected chi connectivity index (χ3v) is 1.94. The van der Waals surface area contributed by atoms with Gasteiger partial charge in [0.1, 0.15) is 6.04 Å². The first kappa shape index (κ1) is 8.00. The largest absolute Gasteiger partial charge is 0.480 e. The van der Waals surface area contributed by atoms with E-state index >= 15 is 0 Å². The minimum Gasteiger partial charge on any atom is -0.480 e. The highest BCUT2D eigenvalue weighted by molar-refractivity contribution is 5.87. The normalized spacial score (nSPS) is 26.2. The van der Waals surface area contributed by atoms with E-state index in [2.05, 4.69) is 0 Å². The van der Waals surface area contributed by atoms with Crippen LogP contribution in [0.5, 0.6) is 0 Å². The lowest BCUT2D eigenvalue weighted by Gasteiger charge is -2.21. The molecule has 1 aliphatic rings. The van der Waals surface area contributed by atoms with Crippen LogP contribution in [0.2, 0.25) is 0 Å². The van der Waals surface area contributed by atoms with Crippen LogP contribution < -0.4 is 0 Å². The van der Waals surface area contributed by atoms with Crippen molar-refractivity contribution in [2.24, 2.45) is 0 Å². The van der Waals surface area contributed by atoms with E-state index in [1.165, 1.54) is 10.0 Å². The molecule has 0 radical (unpaired) electrons. The molecule has 0 aromatic rings. The van der Waals surface area contributed by atoms with Gasteiger partial charge in [-0.15, -0.1) is 0 Å². The van der Waals surface area contributed by atoms with E-state index in [0.717, 1.165) is 0 Å². The quantitative estimate of drug-likeness (QED) is 0.540. The highest BCUT2D eigenvalue weighted by atomic mass is 16.4. The van der Waals surface area contributed by atoms with Crippen LogP contribution in [0.25, 0.3) is 0 Å². The van der Waals surface area contributed by atoms with Crippen molar-refractivity contribution in [2.45, 2.75) is 12.5 Å². The molecule has 1 heterocycles. The average Bonchev–Trinajstić information content (AvgIpc) is 2.17. The summed E-state index contributed by atoms with van der Waals surface area (Å²) in [7, 11) is 3.15. The predicted molar refractivity (Wildman–Crippen MR) is 36.6 cm³/mol. The van der Waals surface area contributed by atoms with E-state index in [-0.39, 0.29) is 12.3 Å². The standard InChI is InChI=1S/C6H10N2O3/c1-7-4(6(10)11)3-5(9)8(7)2/h4H,3H2,1-2H3,(H,10,11). The van der Waals surface area contributed by atoms with E-state index in [1.807, 2.05) is 0 Å². The Kier molecular flexibility index (Phi) is 1.82. The van der Waals surface area contributed by atoms with Crippen LogP contribution in [0.3, 0.4) is 0 Å². The molecule has 1 saturated heterocycles. The minimum absolute atomic E-state index is 0.0718. The summed E-state index contributed by atoms with van der Waals surface area (Å²) in [6.07, 6.45) is 0.0718. The third kappa shape index (κ3) is 1.19. The Morgan fingerprint density at radius 1 is 1.64 bits per heavy atom. The van der Waals surface area contributed by atoms with E-state index in [4.69, 9.17) is 5.11 Å². The number of carbonyl (C=O) groups is 2. The summed E-state index contributed by atoms with van der Waals surface area (Å²) in [5, 5.41) is 11.3. The number of hydrazine groups is 1. The summed E-state index contributed by atoms with van der Waals surface area (Å²) < 4.78 is 0. The number of carbonyl (C=O) groups excluding carboxylic acids is 1. The van der Waals surface area contributed by atoms with Gasteiger partial charge in [-0.2, -0.15) is 0 Å². The summed E-state index contributed by atoms with van der Waals surface area (Å²) in [6.45, 7) is 0. The number of carboxylic acid groups (broad SMARTS) is 1. The Bertz CT molecular complexity index is 204. The zero-order valence-electron chi connectivity index (χ0n) is 6.44. The Morgan fingerprint density at radius 2 is 2.18 bits per heavy atom. The molecular weight excluding hydrogens is 148 g/mol. The number of aliphatic carboxylic acids is 1. The number of hydrogen-bond donors (Lipinski definition) is 1. The van der Waals surface area contributed by atoms with Crippen molar-refractivity contribution in [3.63, 3.8) is 0 Å². The summed E-state index contributed by atoms with van der Waals surface area (Å²) in [4.78, 5) is 21.4. The molecule has 1 unspecified atom stereocenters. The molecule has 1 rings (SSSR count). The smallest absolute Gasteiger partial charge is 0.323 e. The number of likely N-dealkylation sites (N-methyl/N-ethyl adjacent to an activating group) is 1. The van der Waals surface area contributed by atoms with Gasteiger partial charge in [-0.25, -0.2) is 5.01 Å². The summed E-state index contributed by atoms with van der Waals surface area (Å²) >= 11 is 0. The maximum Gasteiger partial charge on any atom is 0.323 e. The van der Waals surface area contributed by atoms with Crippen molar-refractivity contribution in [2.75, 3.05) is 14.1 Å². The lowest BCUT2D eigenvalue weighted by Crippen LogP contribution is -2.39. The second-order valence-corrected chi connectivity index (χ2v) is 2.55. The molecule has 1 fully saturated rings. The van der Waals surface area contributed by atoms with Crippen molar-refractivity contribution < 1.29 is 14.7 Å². The Morgan fingerprint density at radius 3 is 2.36 bits per heavy atom. The number of hydrogen-bond acceptors (Lipinski definition) is 3. The topological polar surface area (TPSA) is 60.9 Å². The van der Waals surface area contributed by atoms with Gasteiger partial charge in [0.15, 0.2) is 0 Å². The van der Waals surface area contributed by atoms with Crippen LogP contribution in [0.1, 0.15) is 6.42 Å².